The van der Waals surface area contributed by atoms with E-state index in [1.165, 1.54) is 19.2 Å². The molecule has 0 amide bonds. The van der Waals surface area contributed by atoms with Crippen LogP contribution in [0.25, 0.3) is 17.0 Å². The van der Waals surface area contributed by atoms with Crippen LogP contribution in [0.4, 0.5) is 4.39 Å². The van der Waals surface area contributed by atoms with Gasteiger partial charge >= 0.3 is 0 Å². The largest absolute Gasteiger partial charge is 0.496 e. The van der Waals surface area contributed by atoms with E-state index < -0.39 is 0 Å². The summed E-state index contributed by atoms with van der Waals surface area (Å²) < 4.78 is 20.3. The molecule has 0 saturated heterocycles. The van der Waals surface area contributed by atoms with Gasteiger partial charge in [0.2, 0.25) is 0 Å². The van der Waals surface area contributed by atoms with Crippen molar-refractivity contribution in [3.8, 4) is 17.0 Å². The fourth-order valence-electron chi connectivity index (χ4n) is 2.37. The molecular weight excluding hydrogens is 283 g/mol. The summed E-state index contributed by atoms with van der Waals surface area (Å²) in [4.78, 5) is 8.68. The third-order valence-corrected chi connectivity index (χ3v) is 3.31. The highest BCUT2D eigenvalue weighted by Crippen LogP contribution is 2.30. The molecule has 0 N–H and O–H groups in total. The molecule has 2 heterocycles. The Morgan fingerprint density at radius 3 is 2.82 bits per heavy atom. The molecule has 0 aliphatic rings. The number of ether oxygens (including phenoxy) is 1. The Morgan fingerprint density at radius 2 is 2.09 bits per heavy atom. The second kappa shape index (κ2) is 5.71. The monoisotopic (exact) mass is 300 g/mol. The minimum absolute atomic E-state index is 0.343. The van der Waals surface area contributed by atoms with E-state index in [9.17, 15) is 4.39 Å². The number of hydrogen-bond acceptors (Lipinski definition) is 4. The number of hydrogen-bond donors (Lipinski definition) is 0. The molecule has 1 aromatic carbocycles. The lowest BCUT2D eigenvalue weighted by molar-refractivity contribution is 0.412. The SMILES string of the molecule is COc1cc(F)ccc1-c1ccnc2nc(CC(C)C)nn12. The lowest BCUT2D eigenvalue weighted by Crippen LogP contribution is -1.99. The lowest BCUT2D eigenvalue weighted by atomic mass is 10.1. The second-order valence-corrected chi connectivity index (χ2v) is 5.51. The summed E-state index contributed by atoms with van der Waals surface area (Å²) in [6, 6.07) is 6.24. The molecular formula is C16H17FN4O. The number of methoxy groups -OCH3 is 1. The lowest BCUT2D eigenvalue weighted by Gasteiger charge is -2.09. The van der Waals surface area contributed by atoms with Crippen LogP contribution in [-0.4, -0.2) is 26.7 Å². The molecule has 0 spiro atoms. The van der Waals surface area contributed by atoms with Crippen LogP contribution in [0.3, 0.4) is 0 Å². The number of halogens is 1. The molecule has 6 heteroatoms. The Morgan fingerprint density at radius 1 is 1.27 bits per heavy atom. The fraction of sp³-hybridized carbons (Fsp3) is 0.312. The van der Waals surface area contributed by atoms with E-state index in [1.54, 1.807) is 16.8 Å². The molecule has 0 aliphatic heterocycles. The van der Waals surface area contributed by atoms with Crippen LogP contribution in [0.5, 0.6) is 5.75 Å². The van der Waals surface area contributed by atoms with E-state index in [2.05, 4.69) is 28.9 Å². The predicted molar refractivity (Wildman–Crippen MR) is 81.3 cm³/mol. The predicted octanol–water partition coefficient (Wildman–Crippen LogP) is 3.14. The smallest absolute Gasteiger partial charge is 0.252 e. The van der Waals surface area contributed by atoms with Crippen molar-refractivity contribution in [2.75, 3.05) is 7.11 Å². The Labute approximate surface area is 127 Å². The van der Waals surface area contributed by atoms with Crippen molar-refractivity contribution in [1.29, 1.82) is 0 Å². The van der Waals surface area contributed by atoms with Crippen molar-refractivity contribution in [3.63, 3.8) is 0 Å². The van der Waals surface area contributed by atoms with E-state index in [4.69, 9.17) is 4.74 Å². The topological polar surface area (TPSA) is 52.3 Å². The van der Waals surface area contributed by atoms with Gasteiger partial charge in [0.05, 0.1) is 12.8 Å². The molecule has 0 aliphatic carbocycles. The summed E-state index contributed by atoms with van der Waals surface area (Å²) in [5.74, 6) is 1.84. The summed E-state index contributed by atoms with van der Waals surface area (Å²) in [6.45, 7) is 4.23. The number of fused-ring (bicyclic) bond motifs is 1. The quantitative estimate of drug-likeness (QED) is 0.743. The van der Waals surface area contributed by atoms with Crippen LogP contribution in [0.2, 0.25) is 0 Å². The maximum atomic E-state index is 13.4. The fourth-order valence-corrected chi connectivity index (χ4v) is 2.37. The Kier molecular flexibility index (Phi) is 3.75. The molecule has 22 heavy (non-hydrogen) atoms. The maximum Gasteiger partial charge on any atom is 0.252 e. The molecule has 2 aromatic heterocycles. The molecule has 0 saturated carbocycles. The van der Waals surface area contributed by atoms with Gasteiger partial charge < -0.3 is 4.74 Å². The number of nitrogens with zero attached hydrogens (tertiary/aromatic N) is 4. The van der Waals surface area contributed by atoms with Gasteiger partial charge in [-0.15, -0.1) is 5.10 Å². The van der Waals surface area contributed by atoms with Crippen LogP contribution < -0.4 is 4.74 Å². The molecule has 3 aromatic rings. The highest BCUT2D eigenvalue weighted by Gasteiger charge is 2.14. The van der Waals surface area contributed by atoms with E-state index in [0.717, 1.165) is 23.5 Å². The van der Waals surface area contributed by atoms with Gasteiger partial charge in [0.15, 0.2) is 5.82 Å². The normalized spacial score (nSPS) is 11.3. The van der Waals surface area contributed by atoms with Crippen LogP contribution in [0, 0.1) is 11.7 Å². The molecule has 0 fully saturated rings. The average Bonchev–Trinajstić information content (AvgIpc) is 2.88. The van der Waals surface area contributed by atoms with Crippen molar-refractivity contribution < 1.29 is 9.13 Å². The zero-order chi connectivity index (χ0) is 15.7. The average molecular weight is 300 g/mol. The first-order valence-electron chi connectivity index (χ1n) is 7.13. The first-order valence-corrected chi connectivity index (χ1v) is 7.13. The van der Waals surface area contributed by atoms with E-state index >= 15 is 0 Å². The van der Waals surface area contributed by atoms with Gasteiger partial charge in [0.25, 0.3) is 5.78 Å². The Hall–Kier alpha value is -2.50. The van der Waals surface area contributed by atoms with Crippen molar-refractivity contribution in [3.05, 3.63) is 42.1 Å². The summed E-state index contributed by atoms with van der Waals surface area (Å²) in [5, 5.41) is 4.52. The first kappa shape index (κ1) is 14.4. The third-order valence-electron chi connectivity index (χ3n) is 3.31. The molecule has 3 rings (SSSR count). The Bertz CT molecular complexity index is 813. The third kappa shape index (κ3) is 2.64. The summed E-state index contributed by atoms with van der Waals surface area (Å²) in [7, 11) is 1.52. The standard InChI is InChI=1S/C16H17FN4O/c1-10(2)8-15-19-16-18-7-6-13(21(16)20-15)12-5-4-11(17)9-14(12)22-3/h4-7,9-10H,8H2,1-3H3. The van der Waals surface area contributed by atoms with Crippen LogP contribution in [0.1, 0.15) is 19.7 Å². The van der Waals surface area contributed by atoms with Gasteiger partial charge in [-0.3, -0.25) is 0 Å². The zero-order valence-electron chi connectivity index (χ0n) is 12.7. The molecule has 5 nitrogen and oxygen atoms in total. The van der Waals surface area contributed by atoms with Gasteiger partial charge in [0, 0.05) is 24.2 Å². The highest BCUT2D eigenvalue weighted by molar-refractivity contribution is 5.68. The van der Waals surface area contributed by atoms with Crippen molar-refractivity contribution in [2.45, 2.75) is 20.3 Å². The Balaban J connectivity index is 2.16. The molecule has 0 unspecified atom stereocenters. The van der Waals surface area contributed by atoms with Gasteiger partial charge in [-0.1, -0.05) is 13.8 Å². The number of aromatic nitrogens is 4. The minimum atomic E-state index is -0.343. The second-order valence-electron chi connectivity index (χ2n) is 5.51. The highest BCUT2D eigenvalue weighted by atomic mass is 19.1. The maximum absolute atomic E-state index is 13.4. The summed E-state index contributed by atoms with van der Waals surface area (Å²) >= 11 is 0. The van der Waals surface area contributed by atoms with Crippen molar-refractivity contribution in [2.24, 2.45) is 5.92 Å². The van der Waals surface area contributed by atoms with Gasteiger partial charge in [-0.25, -0.2) is 9.37 Å². The molecule has 114 valence electrons. The van der Waals surface area contributed by atoms with Crippen LogP contribution in [0.15, 0.2) is 30.5 Å². The number of benzene rings is 1. The van der Waals surface area contributed by atoms with Crippen molar-refractivity contribution >= 4 is 5.78 Å². The van der Waals surface area contributed by atoms with Gasteiger partial charge in [-0.05, 0) is 24.1 Å². The van der Waals surface area contributed by atoms with Crippen molar-refractivity contribution in [1.82, 2.24) is 19.6 Å². The van der Waals surface area contributed by atoms with E-state index in [-0.39, 0.29) is 5.82 Å². The summed E-state index contributed by atoms with van der Waals surface area (Å²) in [6.07, 6.45) is 2.45. The van der Waals surface area contributed by atoms with Crippen LogP contribution in [-0.2, 0) is 6.42 Å². The summed E-state index contributed by atoms with van der Waals surface area (Å²) in [5.41, 5.74) is 1.52. The van der Waals surface area contributed by atoms with Gasteiger partial charge in [0.1, 0.15) is 11.6 Å². The van der Waals surface area contributed by atoms with E-state index in [0.29, 0.717) is 17.4 Å². The zero-order valence-corrected chi connectivity index (χ0v) is 12.7. The first-order chi connectivity index (χ1) is 10.6. The van der Waals surface area contributed by atoms with E-state index in [1.807, 2.05) is 6.07 Å². The molecule has 0 radical (unpaired) electrons. The van der Waals surface area contributed by atoms with Crippen LogP contribution >= 0.6 is 0 Å². The molecule has 0 bridgehead atoms. The van der Waals surface area contributed by atoms with Gasteiger partial charge in [-0.2, -0.15) is 9.50 Å². The minimum Gasteiger partial charge on any atom is -0.496 e. The molecule has 0 atom stereocenters. The number of rotatable bonds is 4.